The number of carbonyl (C=O) groups excluding carboxylic acids is 1. The van der Waals surface area contributed by atoms with E-state index in [0.717, 1.165) is 20.6 Å². The van der Waals surface area contributed by atoms with Crippen LogP contribution < -0.4 is 0 Å². The number of methoxy groups -OCH3 is 1. The molecule has 0 aromatic carbocycles. The fourth-order valence-corrected chi connectivity index (χ4v) is 3.34. The van der Waals surface area contributed by atoms with Gasteiger partial charge in [0.25, 0.3) is 0 Å². The average Bonchev–Trinajstić information content (AvgIpc) is 2.93. The Balaban J connectivity index is 2.38. The van der Waals surface area contributed by atoms with Gasteiger partial charge in [-0.2, -0.15) is 0 Å². The molecule has 0 N–H and O–H groups in total. The topological polar surface area (TPSA) is 52.1 Å². The molecule has 0 spiro atoms. The minimum atomic E-state index is -0.397. The van der Waals surface area contributed by atoms with E-state index in [1.54, 1.807) is 11.3 Å². The molecule has 0 fully saturated rings. The number of esters is 1. The zero-order valence-corrected chi connectivity index (χ0v) is 13.2. The zero-order valence-electron chi connectivity index (χ0n) is 11.6. The van der Waals surface area contributed by atoms with Crippen LogP contribution in [0.2, 0.25) is 0 Å². The quantitative estimate of drug-likeness (QED) is 0.794. The Bertz CT molecular complexity index is 608. The standard InChI is InChI=1S/C13H16N2O2S2/c1-7-9(11(16)17-5)15-10(19-7)8-6-18-12(14-8)13(2,3)4/h6H,1-5H3. The van der Waals surface area contributed by atoms with Crippen molar-refractivity contribution < 1.29 is 9.53 Å². The van der Waals surface area contributed by atoms with Gasteiger partial charge in [0.1, 0.15) is 10.7 Å². The third-order valence-electron chi connectivity index (χ3n) is 2.54. The van der Waals surface area contributed by atoms with Crippen LogP contribution in [0.1, 0.15) is 41.1 Å². The van der Waals surface area contributed by atoms with Crippen molar-refractivity contribution >= 4 is 28.6 Å². The van der Waals surface area contributed by atoms with Crippen molar-refractivity contribution in [3.63, 3.8) is 0 Å². The maximum Gasteiger partial charge on any atom is 0.357 e. The smallest absolute Gasteiger partial charge is 0.357 e. The largest absolute Gasteiger partial charge is 0.464 e. The van der Waals surface area contributed by atoms with Crippen molar-refractivity contribution in [1.29, 1.82) is 0 Å². The van der Waals surface area contributed by atoms with Crippen LogP contribution >= 0.6 is 22.7 Å². The second kappa shape index (κ2) is 5.02. The summed E-state index contributed by atoms with van der Waals surface area (Å²) < 4.78 is 4.71. The summed E-state index contributed by atoms with van der Waals surface area (Å²) in [4.78, 5) is 21.3. The Morgan fingerprint density at radius 2 is 2.00 bits per heavy atom. The summed E-state index contributed by atoms with van der Waals surface area (Å²) in [7, 11) is 1.36. The summed E-state index contributed by atoms with van der Waals surface area (Å²) >= 11 is 3.09. The van der Waals surface area contributed by atoms with Crippen LogP contribution in [0.3, 0.4) is 0 Å². The molecule has 2 rings (SSSR count). The first-order chi connectivity index (χ1) is 8.82. The van der Waals surface area contributed by atoms with Crippen LogP contribution in [0.4, 0.5) is 0 Å². The number of ether oxygens (including phenoxy) is 1. The molecule has 0 aliphatic heterocycles. The fourth-order valence-electron chi connectivity index (χ4n) is 1.51. The van der Waals surface area contributed by atoms with Crippen LogP contribution in [0.25, 0.3) is 10.7 Å². The maximum atomic E-state index is 11.5. The van der Waals surface area contributed by atoms with E-state index in [4.69, 9.17) is 4.74 Å². The first-order valence-corrected chi connectivity index (χ1v) is 7.54. The molecule has 2 heterocycles. The lowest BCUT2D eigenvalue weighted by Gasteiger charge is -2.13. The minimum absolute atomic E-state index is 0.0282. The lowest BCUT2D eigenvalue weighted by molar-refractivity contribution is 0.0594. The van der Waals surface area contributed by atoms with E-state index in [9.17, 15) is 4.79 Å². The molecule has 0 aliphatic carbocycles. The molecule has 0 saturated heterocycles. The fraction of sp³-hybridized carbons (Fsp3) is 0.462. The highest BCUT2D eigenvalue weighted by atomic mass is 32.1. The Morgan fingerprint density at radius 3 is 2.53 bits per heavy atom. The number of hydrogen-bond donors (Lipinski definition) is 0. The van der Waals surface area contributed by atoms with Gasteiger partial charge in [0.15, 0.2) is 5.69 Å². The van der Waals surface area contributed by atoms with E-state index in [1.165, 1.54) is 18.4 Å². The highest BCUT2D eigenvalue weighted by molar-refractivity contribution is 7.16. The monoisotopic (exact) mass is 296 g/mol. The number of thiazole rings is 2. The molecule has 102 valence electrons. The van der Waals surface area contributed by atoms with Gasteiger partial charge in [-0.3, -0.25) is 0 Å². The number of hydrogen-bond acceptors (Lipinski definition) is 6. The van der Waals surface area contributed by atoms with Crippen molar-refractivity contribution in [2.24, 2.45) is 0 Å². The van der Waals surface area contributed by atoms with Crippen molar-refractivity contribution in [2.75, 3.05) is 7.11 Å². The van der Waals surface area contributed by atoms with E-state index >= 15 is 0 Å². The number of aromatic nitrogens is 2. The van der Waals surface area contributed by atoms with Gasteiger partial charge in [-0.05, 0) is 6.92 Å². The number of aryl methyl sites for hydroxylation is 1. The van der Waals surface area contributed by atoms with Gasteiger partial charge >= 0.3 is 5.97 Å². The predicted octanol–water partition coefficient (Wildman–Crippen LogP) is 3.66. The van der Waals surface area contributed by atoms with Gasteiger partial charge in [0, 0.05) is 15.7 Å². The normalized spacial score (nSPS) is 11.6. The molecule has 6 heteroatoms. The molecule has 0 aliphatic rings. The van der Waals surface area contributed by atoms with E-state index in [0.29, 0.717) is 5.69 Å². The molecule has 0 unspecified atom stereocenters. The van der Waals surface area contributed by atoms with Crippen LogP contribution in [0, 0.1) is 6.92 Å². The third kappa shape index (κ3) is 2.84. The molecule has 0 atom stereocenters. The third-order valence-corrected chi connectivity index (χ3v) is 4.80. The molecule has 0 bridgehead atoms. The van der Waals surface area contributed by atoms with Crippen molar-refractivity contribution in [2.45, 2.75) is 33.1 Å². The van der Waals surface area contributed by atoms with Gasteiger partial charge in [-0.15, -0.1) is 22.7 Å². The van der Waals surface area contributed by atoms with Gasteiger partial charge in [-0.1, -0.05) is 20.8 Å². The second-order valence-electron chi connectivity index (χ2n) is 5.20. The van der Waals surface area contributed by atoms with Gasteiger partial charge in [-0.25, -0.2) is 14.8 Å². The van der Waals surface area contributed by atoms with Crippen LogP contribution in [-0.4, -0.2) is 23.0 Å². The highest BCUT2D eigenvalue weighted by Crippen LogP contribution is 2.32. The summed E-state index contributed by atoms with van der Waals surface area (Å²) in [6.07, 6.45) is 0. The van der Waals surface area contributed by atoms with E-state index in [-0.39, 0.29) is 5.41 Å². The van der Waals surface area contributed by atoms with Crippen molar-refractivity contribution in [3.05, 3.63) is 21.0 Å². The maximum absolute atomic E-state index is 11.5. The summed E-state index contributed by atoms with van der Waals surface area (Å²) in [5, 5.41) is 3.82. The highest BCUT2D eigenvalue weighted by Gasteiger charge is 2.21. The number of carbonyl (C=O) groups is 1. The minimum Gasteiger partial charge on any atom is -0.464 e. The molecule has 0 saturated carbocycles. The first-order valence-electron chi connectivity index (χ1n) is 5.85. The van der Waals surface area contributed by atoms with Crippen LogP contribution in [0.5, 0.6) is 0 Å². The van der Waals surface area contributed by atoms with Gasteiger partial charge in [0.05, 0.1) is 12.1 Å². The van der Waals surface area contributed by atoms with Crippen molar-refractivity contribution in [3.8, 4) is 10.7 Å². The predicted molar refractivity (Wildman–Crippen MR) is 78.0 cm³/mol. The Morgan fingerprint density at radius 1 is 1.32 bits per heavy atom. The van der Waals surface area contributed by atoms with Crippen LogP contribution in [0.15, 0.2) is 5.38 Å². The summed E-state index contributed by atoms with van der Waals surface area (Å²) in [5.74, 6) is -0.397. The number of rotatable bonds is 2. The van der Waals surface area contributed by atoms with E-state index in [1.807, 2.05) is 12.3 Å². The second-order valence-corrected chi connectivity index (χ2v) is 7.26. The lowest BCUT2D eigenvalue weighted by atomic mass is 9.98. The summed E-state index contributed by atoms with van der Waals surface area (Å²) in [6.45, 7) is 8.25. The summed E-state index contributed by atoms with van der Waals surface area (Å²) in [5.41, 5.74) is 1.24. The van der Waals surface area contributed by atoms with Crippen LogP contribution in [-0.2, 0) is 10.2 Å². The molecule has 2 aromatic heterocycles. The summed E-state index contributed by atoms with van der Waals surface area (Å²) in [6, 6.07) is 0. The van der Waals surface area contributed by atoms with Gasteiger partial charge < -0.3 is 4.74 Å². The zero-order chi connectivity index (χ0) is 14.2. The van der Waals surface area contributed by atoms with Gasteiger partial charge in [0.2, 0.25) is 0 Å². The molecule has 0 radical (unpaired) electrons. The Kier molecular flexibility index (Phi) is 3.73. The molecule has 2 aromatic rings. The van der Waals surface area contributed by atoms with E-state index in [2.05, 4.69) is 30.7 Å². The molecular weight excluding hydrogens is 280 g/mol. The number of nitrogens with zero attached hydrogens (tertiary/aromatic N) is 2. The molecule has 0 amide bonds. The Labute approximate surface area is 120 Å². The lowest BCUT2D eigenvalue weighted by Crippen LogP contribution is -2.10. The molecule has 19 heavy (non-hydrogen) atoms. The molecular formula is C13H16N2O2S2. The SMILES string of the molecule is COC(=O)c1nc(-c2csc(C(C)(C)C)n2)sc1C. The molecule has 4 nitrogen and oxygen atoms in total. The first kappa shape index (κ1) is 14.1. The van der Waals surface area contributed by atoms with E-state index < -0.39 is 5.97 Å². The average molecular weight is 296 g/mol. The Hall–Kier alpha value is -1.27. The van der Waals surface area contributed by atoms with Crippen molar-refractivity contribution in [1.82, 2.24) is 9.97 Å².